The molecule has 2 rings (SSSR count). The van der Waals surface area contributed by atoms with Crippen LogP contribution in [0.1, 0.15) is 39.6 Å². The van der Waals surface area contributed by atoms with E-state index in [1.54, 1.807) is 30.0 Å². The van der Waals surface area contributed by atoms with Gasteiger partial charge in [0.1, 0.15) is 5.75 Å². The van der Waals surface area contributed by atoms with Gasteiger partial charge in [-0.3, -0.25) is 4.79 Å². The van der Waals surface area contributed by atoms with E-state index >= 15 is 0 Å². The summed E-state index contributed by atoms with van der Waals surface area (Å²) in [4.78, 5) is 23.6. The zero-order chi connectivity index (χ0) is 18.2. The second-order valence-electron chi connectivity index (χ2n) is 5.45. The summed E-state index contributed by atoms with van der Waals surface area (Å²) in [7, 11) is 0. The highest BCUT2D eigenvalue weighted by molar-refractivity contribution is 7.97. The molecule has 0 aliphatic rings. The summed E-state index contributed by atoms with van der Waals surface area (Å²) in [6.45, 7) is 2.46. The predicted molar refractivity (Wildman–Crippen MR) is 101 cm³/mol. The van der Waals surface area contributed by atoms with E-state index < -0.39 is 5.97 Å². The van der Waals surface area contributed by atoms with Crippen LogP contribution in [0.4, 0.5) is 5.69 Å². The fourth-order valence-electron chi connectivity index (χ4n) is 2.21. The summed E-state index contributed by atoms with van der Waals surface area (Å²) in [5.74, 6) is -0.0184. The zero-order valence-corrected chi connectivity index (χ0v) is 15.1. The number of aromatic carboxylic acids is 1. The fourth-order valence-corrected chi connectivity index (χ4v) is 2.74. The molecule has 25 heavy (non-hydrogen) atoms. The van der Waals surface area contributed by atoms with Crippen molar-refractivity contribution in [1.29, 1.82) is 0 Å². The third kappa shape index (κ3) is 5.26. The third-order valence-electron chi connectivity index (χ3n) is 3.46. The Kier molecular flexibility index (Phi) is 6.89. The largest absolute Gasteiger partial charge is 0.491 e. The Bertz CT molecular complexity index is 744. The molecule has 6 heteroatoms. The lowest BCUT2D eigenvalue weighted by atomic mass is 10.1. The monoisotopic (exact) mass is 359 g/mol. The molecule has 0 radical (unpaired) electrons. The van der Waals surface area contributed by atoms with Gasteiger partial charge in [-0.05, 0) is 48.6 Å². The molecule has 2 aromatic rings. The summed E-state index contributed by atoms with van der Waals surface area (Å²) >= 11 is 1.71. The van der Waals surface area contributed by atoms with Gasteiger partial charge in [0.25, 0.3) is 5.91 Å². The van der Waals surface area contributed by atoms with Crippen LogP contribution in [0.2, 0.25) is 0 Å². The SMILES string of the molecule is CCCOc1ccc(C(=O)O)cc1NC(=O)c1ccc(CSC)cc1. The van der Waals surface area contributed by atoms with Crippen LogP contribution in [-0.4, -0.2) is 29.8 Å². The molecule has 5 nitrogen and oxygen atoms in total. The number of benzene rings is 2. The minimum atomic E-state index is -1.06. The number of anilines is 1. The first kappa shape index (κ1) is 18.9. The van der Waals surface area contributed by atoms with Crippen molar-refractivity contribution in [2.75, 3.05) is 18.2 Å². The smallest absolute Gasteiger partial charge is 0.335 e. The highest BCUT2D eigenvalue weighted by Gasteiger charge is 2.13. The number of carboxylic acids is 1. The number of carbonyl (C=O) groups excluding carboxylic acids is 1. The number of nitrogens with one attached hydrogen (secondary N) is 1. The van der Waals surface area contributed by atoms with Crippen LogP contribution in [0.5, 0.6) is 5.75 Å². The topological polar surface area (TPSA) is 75.6 Å². The van der Waals surface area contributed by atoms with Gasteiger partial charge in [-0.25, -0.2) is 4.79 Å². The first-order valence-electron chi connectivity index (χ1n) is 7.94. The van der Waals surface area contributed by atoms with E-state index in [1.165, 1.54) is 12.1 Å². The van der Waals surface area contributed by atoms with Gasteiger partial charge in [-0.15, -0.1) is 0 Å². The molecule has 0 spiro atoms. The van der Waals surface area contributed by atoms with Gasteiger partial charge in [0.2, 0.25) is 0 Å². The van der Waals surface area contributed by atoms with E-state index in [0.29, 0.717) is 23.6 Å². The van der Waals surface area contributed by atoms with Crippen molar-refractivity contribution in [3.05, 3.63) is 59.2 Å². The summed E-state index contributed by atoms with van der Waals surface area (Å²) in [5.41, 5.74) is 2.09. The van der Waals surface area contributed by atoms with Crippen molar-refractivity contribution < 1.29 is 19.4 Å². The second kappa shape index (κ2) is 9.13. The fraction of sp³-hybridized carbons (Fsp3) is 0.263. The van der Waals surface area contributed by atoms with E-state index in [2.05, 4.69) is 5.32 Å². The zero-order valence-electron chi connectivity index (χ0n) is 14.2. The van der Waals surface area contributed by atoms with Crippen LogP contribution in [0.15, 0.2) is 42.5 Å². The molecule has 0 aliphatic carbocycles. The van der Waals surface area contributed by atoms with Gasteiger partial charge in [0, 0.05) is 11.3 Å². The van der Waals surface area contributed by atoms with E-state index in [4.69, 9.17) is 9.84 Å². The van der Waals surface area contributed by atoms with Gasteiger partial charge < -0.3 is 15.2 Å². The Balaban J connectivity index is 2.22. The number of carboxylic acid groups (broad SMARTS) is 1. The summed E-state index contributed by atoms with van der Waals surface area (Å²) in [6, 6.07) is 11.8. The molecular weight excluding hydrogens is 338 g/mol. The molecule has 0 saturated heterocycles. The maximum absolute atomic E-state index is 12.5. The molecule has 2 aromatic carbocycles. The highest BCUT2D eigenvalue weighted by Crippen LogP contribution is 2.27. The molecule has 0 bridgehead atoms. The van der Waals surface area contributed by atoms with Crippen molar-refractivity contribution in [3.63, 3.8) is 0 Å². The average molecular weight is 359 g/mol. The number of thioether (sulfide) groups is 1. The summed E-state index contributed by atoms with van der Waals surface area (Å²) in [5, 5.41) is 11.9. The Hall–Kier alpha value is -2.47. The predicted octanol–water partition coefficient (Wildman–Crippen LogP) is 4.29. The molecule has 1 amide bonds. The van der Waals surface area contributed by atoms with Crippen LogP contribution in [0.25, 0.3) is 0 Å². The van der Waals surface area contributed by atoms with Crippen LogP contribution in [0.3, 0.4) is 0 Å². The molecule has 0 fully saturated rings. The average Bonchev–Trinajstić information content (AvgIpc) is 2.61. The molecule has 0 aliphatic heterocycles. The van der Waals surface area contributed by atoms with E-state index in [9.17, 15) is 9.59 Å². The van der Waals surface area contributed by atoms with E-state index in [1.807, 2.05) is 25.3 Å². The Labute approximate surface area is 151 Å². The van der Waals surface area contributed by atoms with Crippen molar-refractivity contribution in [1.82, 2.24) is 0 Å². The van der Waals surface area contributed by atoms with Crippen molar-refractivity contribution in [2.24, 2.45) is 0 Å². The lowest BCUT2D eigenvalue weighted by Gasteiger charge is -2.13. The van der Waals surface area contributed by atoms with E-state index in [0.717, 1.165) is 17.7 Å². The van der Waals surface area contributed by atoms with Gasteiger partial charge in [-0.1, -0.05) is 19.1 Å². The van der Waals surface area contributed by atoms with Crippen molar-refractivity contribution >= 4 is 29.3 Å². The minimum Gasteiger partial charge on any atom is -0.491 e. The standard InChI is InChI=1S/C19H21NO4S/c1-3-10-24-17-9-8-15(19(22)23)11-16(17)20-18(21)14-6-4-13(5-7-14)12-25-2/h4-9,11H,3,10,12H2,1-2H3,(H,20,21)(H,22,23). The van der Waals surface area contributed by atoms with Gasteiger partial charge in [0.05, 0.1) is 17.9 Å². The van der Waals surface area contributed by atoms with Crippen molar-refractivity contribution in [2.45, 2.75) is 19.1 Å². The second-order valence-corrected chi connectivity index (χ2v) is 6.31. The first-order chi connectivity index (χ1) is 12.0. The third-order valence-corrected chi connectivity index (χ3v) is 4.09. The quantitative estimate of drug-likeness (QED) is 0.735. The van der Waals surface area contributed by atoms with E-state index in [-0.39, 0.29) is 11.5 Å². The number of ether oxygens (including phenoxy) is 1. The maximum atomic E-state index is 12.5. The molecule has 0 aromatic heterocycles. The summed E-state index contributed by atoms with van der Waals surface area (Å²) < 4.78 is 5.60. The van der Waals surface area contributed by atoms with Gasteiger partial charge in [0.15, 0.2) is 0 Å². The first-order valence-corrected chi connectivity index (χ1v) is 9.34. The molecular formula is C19H21NO4S. The Morgan fingerprint density at radius 2 is 1.80 bits per heavy atom. The number of rotatable bonds is 8. The van der Waals surface area contributed by atoms with Crippen LogP contribution < -0.4 is 10.1 Å². The minimum absolute atomic E-state index is 0.0921. The molecule has 2 N–H and O–H groups in total. The lowest BCUT2D eigenvalue weighted by Crippen LogP contribution is -2.14. The Morgan fingerprint density at radius 3 is 2.40 bits per heavy atom. The van der Waals surface area contributed by atoms with Crippen LogP contribution in [-0.2, 0) is 5.75 Å². The number of amides is 1. The van der Waals surface area contributed by atoms with Gasteiger partial charge in [-0.2, -0.15) is 11.8 Å². The van der Waals surface area contributed by atoms with Crippen LogP contribution in [0, 0.1) is 0 Å². The normalized spacial score (nSPS) is 10.3. The van der Waals surface area contributed by atoms with Crippen LogP contribution >= 0.6 is 11.8 Å². The van der Waals surface area contributed by atoms with Crippen molar-refractivity contribution in [3.8, 4) is 5.75 Å². The molecule has 0 unspecified atom stereocenters. The maximum Gasteiger partial charge on any atom is 0.335 e. The molecule has 132 valence electrons. The van der Waals surface area contributed by atoms with Gasteiger partial charge >= 0.3 is 5.97 Å². The lowest BCUT2D eigenvalue weighted by molar-refractivity contribution is 0.0696. The summed E-state index contributed by atoms with van der Waals surface area (Å²) in [6.07, 6.45) is 2.83. The molecule has 0 saturated carbocycles. The number of carbonyl (C=O) groups is 2. The Morgan fingerprint density at radius 1 is 1.12 bits per heavy atom. The highest BCUT2D eigenvalue weighted by atomic mass is 32.2. The number of hydrogen-bond donors (Lipinski definition) is 2. The number of hydrogen-bond acceptors (Lipinski definition) is 4. The molecule has 0 heterocycles. The molecule has 0 atom stereocenters.